The standard InChI is InChI=1S/C26H28FN3O4S/c1-18-7-6-9-22(17-18)29(3)26(31)21-13-15-30(16-14-21)35(32,33)25-19(2)28-34-24(25)12-11-20-8-4-5-10-23(20)27/h4-12,17,21H,13-16H2,1-3H3. The van der Waals surface area contributed by atoms with Crippen LogP contribution in [0.25, 0.3) is 12.2 Å². The zero-order valence-electron chi connectivity index (χ0n) is 19.9. The monoisotopic (exact) mass is 497 g/mol. The summed E-state index contributed by atoms with van der Waals surface area (Å²) in [5.41, 5.74) is 2.42. The van der Waals surface area contributed by atoms with Gasteiger partial charge in [-0.15, -0.1) is 0 Å². The summed E-state index contributed by atoms with van der Waals surface area (Å²) < 4.78 is 47.5. The van der Waals surface area contributed by atoms with Gasteiger partial charge in [0, 0.05) is 37.3 Å². The number of sulfonamides is 1. The molecule has 0 spiro atoms. The minimum Gasteiger partial charge on any atom is -0.355 e. The molecule has 0 unspecified atom stereocenters. The van der Waals surface area contributed by atoms with Crippen molar-refractivity contribution in [2.24, 2.45) is 5.92 Å². The largest absolute Gasteiger partial charge is 0.355 e. The predicted octanol–water partition coefficient (Wildman–Crippen LogP) is 4.66. The van der Waals surface area contributed by atoms with E-state index in [4.69, 9.17) is 4.52 Å². The van der Waals surface area contributed by atoms with Gasteiger partial charge < -0.3 is 9.42 Å². The van der Waals surface area contributed by atoms with Crippen molar-refractivity contribution >= 4 is 33.8 Å². The molecule has 2 aromatic carbocycles. The van der Waals surface area contributed by atoms with Crippen LogP contribution in [0.5, 0.6) is 0 Å². The highest BCUT2D eigenvalue weighted by atomic mass is 32.2. The minimum absolute atomic E-state index is 0.0256. The number of benzene rings is 2. The lowest BCUT2D eigenvalue weighted by Gasteiger charge is -2.32. The van der Waals surface area contributed by atoms with Gasteiger partial charge in [-0.2, -0.15) is 4.31 Å². The van der Waals surface area contributed by atoms with Gasteiger partial charge in [-0.25, -0.2) is 12.8 Å². The van der Waals surface area contributed by atoms with E-state index in [1.807, 2.05) is 31.2 Å². The van der Waals surface area contributed by atoms with Gasteiger partial charge in [0.25, 0.3) is 0 Å². The zero-order valence-corrected chi connectivity index (χ0v) is 20.8. The van der Waals surface area contributed by atoms with Crippen LogP contribution < -0.4 is 4.90 Å². The van der Waals surface area contributed by atoms with E-state index in [1.54, 1.807) is 37.1 Å². The van der Waals surface area contributed by atoms with E-state index in [0.717, 1.165) is 11.3 Å². The lowest BCUT2D eigenvalue weighted by atomic mass is 9.96. The fraction of sp³-hybridized carbons (Fsp3) is 0.308. The quantitative estimate of drug-likeness (QED) is 0.494. The molecule has 0 bridgehead atoms. The highest BCUT2D eigenvalue weighted by molar-refractivity contribution is 7.89. The Morgan fingerprint density at radius 3 is 2.51 bits per heavy atom. The van der Waals surface area contributed by atoms with Gasteiger partial charge >= 0.3 is 0 Å². The molecule has 7 nitrogen and oxygen atoms in total. The van der Waals surface area contributed by atoms with Crippen molar-refractivity contribution in [3.05, 3.63) is 76.9 Å². The van der Waals surface area contributed by atoms with E-state index in [2.05, 4.69) is 5.16 Å². The van der Waals surface area contributed by atoms with E-state index in [0.29, 0.717) is 18.4 Å². The van der Waals surface area contributed by atoms with Gasteiger partial charge in [0.2, 0.25) is 15.9 Å². The van der Waals surface area contributed by atoms with Crippen molar-refractivity contribution in [3.63, 3.8) is 0 Å². The molecule has 1 aliphatic rings. The average molecular weight is 498 g/mol. The van der Waals surface area contributed by atoms with E-state index in [-0.39, 0.29) is 41.3 Å². The molecule has 4 rings (SSSR count). The summed E-state index contributed by atoms with van der Waals surface area (Å²) in [6.45, 7) is 3.95. The van der Waals surface area contributed by atoms with Gasteiger partial charge in [0.1, 0.15) is 11.5 Å². The molecule has 0 radical (unpaired) electrons. The number of nitrogens with zero attached hydrogens (tertiary/aromatic N) is 3. The fourth-order valence-corrected chi connectivity index (χ4v) is 6.00. The normalized spacial score (nSPS) is 15.5. The SMILES string of the molecule is Cc1cccc(N(C)C(=O)C2CCN(S(=O)(=O)c3c(C)noc3C=Cc3ccccc3F)CC2)c1. The third-order valence-corrected chi connectivity index (χ3v) is 8.33. The van der Waals surface area contributed by atoms with Crippen LogP contribution in [-0.4, -0.2) is 43.9 Å². The van der Waals surface area contributed by atoms with Crippen LogP contribution in [0, 0.1) is 25.6 Å². The lowest BCUT2D eigenvalue weighted by Crippen LogP contribution is -2.43. The average Bonchev–Trinajstić information content (AvgIpc) is 3.23. The first-order chi connectivity index (χ1) is 16.7. The topological polar surface area (TPSA) is 83.7 Å². The van der Waals surface area contributed by atoms with Crippen LogP contribution in [0.1, 0.15) is 35.4 Å². The number of amides is 1. The van der Waals surface area contributed by atoms with Crippen molar-refractivity contribution in [2.75, 3.05) is 25.0 Å². The number of aromatic nitrogens is 1. The molecule has 184 valence electrons. The summed E-state index contributed by atoms with van der Waals surface area (Å²) >= 11 is 0. The number of piperidine rings is 1. The lowest BCUT2D eigenvalue weighted by molar-refractivity contribution is -0.123. The first-order valence-corrected chi connectivity index (χ1v) is 12.9. The second kappa shape index (κ2) is 10.1. The molecule has 1 aromatic heterocycles. The maximum absolute atomic E-state index is 14.0. The molecule has 0 aliphatic carbocycles. The first kappa shape index (κ1) is 24.8. The molecule has 35 heavy (non-hydrogen) atoms. The van der Waals surface area contributed by atoms with Crippen molar-refractivity contribution < 1.29 is 22.1 Å². The summed E-state index contributed by atoms with van der Waals surface area (Å²) in [5.74, 6) is -0.673. The van der Waals surface area contributed by atoms with Crippen LogP contribution in [0.15, 0.2) is 57.9 Å². The van der Waals surface area contributed by atoms with E-state index >= 15 is 0 Å². The Hall–Kier alpha value is -3.30. The smallest absolute Gasteiger partial charge is 0.248 e. The molecule has 0 atom stereocenters. The Morgan fingerprint density at radius 1 is 1.11 bits per heavy atom. The van der Waals surface area contributed by atoms with Crippen molar-refractivity contribution in [1.82, 2.24) is 9.46 Å². The summed E-state index contributed by atoms with van der Waals surface area (Å²) in [4.78, 5) is 14.6. The molecular weight excluding hydrogens is 469 g/mol. The van der Waals surface area contributed by atoms with Gasteiger partial charge in [0.15, 0.2) is 10.7 Å². The molecule has 0 saturated carbocycles. The summed E-state index contributed by atoms with van der Waals surface area (Å²) in [5, 5.41) is 3.83. The number of aryl methyl sites for hydroxylation is 2. The van der Waals surface area contributed by atoms with Gasteiger partial charge in [0.05, 0.1) is 0 Å². The second-order valence-electron chi connectivity index (χ2n) is 8.73. The van der Waals surface area contributed by atoms with Crippen molar-refractivity contribution in [3.8, 4) is 0 Å². The zero-order chi connectivity index (χ0) is 25.2. The Morgan fingerprint density at radius 2 is 1.83 bits per heavy atom. The maximum atomic E-state index is 14.0. The molecule has 1 saturated heterocycles. The third-order valence-electron chi connectivity index (χ3n) is 6.27. The number of rotatable bonds is 6. The van der Waals surface area contributed by atoms with E-state index in [1.165, 1.54) is 22.5 Å². The molecular formula is C26H28FN3O4S. The number of hydrogen-bond acceptors (Lipinski definition) is 5. The van der Waals surface area contributed by atoms with Crippen LogP contribution in [-0.2, 0) is 14.8 Å². The highest BCUT2D eigenvalue weighted by Crippen LogP contribution is 2.30. The summed E-state index contributed by atoms with van der Waals surface area (Å²) in [6, 6.07) is 13.9. The molecule has 9 heteroatoms. The molecule has 1 amide bonds. The van der Waals surface area contributed by atoms with Crippen LogP contribution in [0.2, 0.25) is 0 Å². The number of anilines is 1. The second-order valence-corrected chi connectivity index (χ2v) is 10.6. The first-order valence-electron chi connectivity index (χ1n) is 11.4. The van der Waals surface area contributed by atoms with Gasteiger partial charge in [-0.05, 0) is 62.6 Å². The number of carbonyl (C=O) groups excluding carboxylic acids is 1. The van der Waals surface area contributed by atoms with Crippen LogP contribution in [0.4, 0.5) is 10.1 Å². The third kappa shape index (κ3) is 5.21. The van der Waals surface area contributed by atoms with Crippen LogP contribution >= 0.6 is 0 Å². The number of carbonyl (C=O) groups is 1. The summed E-state index contributed by atoms with van der Waals surface area (Å²) in [7, 11) is -2.17. The molecule has 2 heterocycles. The Kier molecular flexibility index (Phi) is 7.18. The van der Waals surface area contributed by atoms with Crippen LogP contribution in [0.3, 0.4) is 0 Å². The maximum Gasteiger partial charge on any atom is 0.248 e. The van der Waals surface area contributed by atoms with Crippen molar-refractivity contribution in [1.29, 1.82) is 0 Å². The van der Waals surface area contributed by atoms with E-state index in [9.17, 15) is 17.6 Å². The van der Waals surface area contributed by atoms with Crippen molar-refractivity contribution in [2.45, 2.75) is 31.6 Å². The minimum atomic E-state index is -3.91. The number of hydrogen-bond donors (Lipinski definition) is 0. The van der Waals surface area contributed by atoms with Gasteiger partial charge in [-0.3, -0.25) is 4.79 Å². The molecule has 1 fully saturated rings. The Bertz CT molecular complexity index is 1360. The Balaban J connectivity index is 1.48. The predicted molar refractivity (Wildman–Crippen MR) is 133 cm³/mol. The number of halogens is 1. The fourth-order valence-electron chi connectivity index (χ4n) is 4.28. The highest BCUT2D eigenvalue weighted by Gasteiger charge is 2.36. The molecule has 3 aromatic rings. The Labute approximate surface area is 204 Å². The summed E-state index contributed by atoms with van der Waals surface area (Å²) in [6.07, 6.45) is 3.70. The van der Waals surface area contributed by atoms with Gasteiger partial charge in [-0.1, -0.05) is 35.5 Å². The van der Waals surface area contributed by atoms with E-state index < -0.39 is 15.8 Å². The molecule has 1 aliphatic heterocycles. The molecule has 0 N–H and O–H groups in total.